The lowest BCUT2D eigenvalue weighted by molar-refractivity contribution is -0.142. The van der Waals surface area contributed by atoms with Gasteiger partial charge in [-0.15, -0.1) is 0 Å². The highest BCUT2D eigenvalue weighted by Gasteiger charge is 2.36. The molecule has 0 aliphatic carbocycles. The molecule has 9 nitrogen and oxygen atoms in total. The molecular formula is C19H18N4O5S2. The fourth-order valence-corrected chi connectivity index (χ4v) is 5.80. The van der Waals surface area contributed by atoms with Gasteiger partial charge in [0.05, 0.1) is 11.7 Å². The number of fused-ring (bicyclic) bond motifs is 2. The van der Waals surface area contributed by atoms with Crippen molar-refractivity contribution in [2.24, 2.45) is 0 Å². The van der Waals surface area contributed by atoms with Crippen LogP contribution in [0.25, 0.3) is 11.0 Å². The molecule has 1 fully saturated rings. The number of sulfonamides is 1. The Balaban J connectivity index is 1.27. The molecule has 1 amide bonds. The van der Waals surface area contributed by atoms with Crippen LogP contribution >= 0.6 is 11.7 Å². The minimum absolute atomic E-state index is 0.132. The van der Waals surface area contributed by atoms with Gasteiger partial charge < -0.3 is 14.4 Å². The van der Waals surface area contributed by atoms with Gasteiger partial charge in [0.1, 0.15) is 22.5 Å². The summed E-state index contributed by atoms with van der Waals surface area (Å²) in [5.74, 6) is 0.948. The zero-order valence-electron chi connectivity index (χ0n) is 15.8. The SMILES string of the molecule is O=C(C1COc2ccccc2O1)N1CCN(S(=O)(=O)c2cccc3nsnc23)CC1. The largest absolute Gasteiger partial charge is 0.485 e. The topological polar surface area (TPSA) is 102 Å². The Kier molecular flexibility index (Phi) is 4.80. The number of rotatable bonds is 3. The van der Waals surface area contributed by atoms with E-state index in [4.69, 9.17) is 9.47 Å². The number of benzene rings is 2. The average molecular weight is 447 g/mol. The quantitative estimate of drug-likeness (QED) is 0.599. The lowest BCUT2D eigenvalue weighted by Gasteiger charge is -2.36. The highest BCUT2D eigenvalue weighted by atomic mass is 32.2. The summed E-state index contributed by atoms with van der Waals surface area (Å²) in [6.07, 6.45) is -0.738. The Bertz CT molecular complexity index is 1200. The molecule has 11 heteroatoms. The van der Waals surface area contributed by atoms with Crippen LogP contribution in [-0.4, -0.2) is 71.2 Å². The Morgan fingerprint density at radius 2 is 1.77 bits per heavy atom. The van der Waals surface area contributed by atoms with E-state index in [0.717, 1.165) is 11.7 Å². The van der Waals surface area contributed by atoms with Gasteiger partial charge in [-0.1, -0.05) is 18.2 Å². The summed E-state index contributed by atoms with van der Waals surface area (Å²) in [5.41, 5.74) is 0.942. The lowest BCUT2D eigenvalue weighted by atomic mass is 10.2. The number of amides is 1. The van der Waals surface area contributed by atoms with Crippen molar-refractivity contribution >= 4 is 38.7 Å². The van der Waals surface area contributed by atoms with Crippen LogP contribution in [0.1, 0.15) is 0 Å². The van der Waals surface area contributed by atoms with Crippen LogP contribution in [-0.2, 0) is 14.8 Å². The van der Waals surface area contributed by atoms with Crippen molar-refractivity contribution in [1.29, 1.82) is 0 Å². The first-order valence-electron chi connectivity index (χ1n) is 9.43. The minimum Gasteiger partial charge on any atom is -0.485 e. The van der Waals surface area contributed by atoms with Crippen LogP contribution in [0, 0.1) is 0 Å². The van der Waals surface area contributed by atoms with Gasteiger partial charge in [0, 0.05) is 26.2 Å². The van der Waals surface area contributed by atoms with Gasteiger partial charge in [0.2, 0.25) is 16.1 Å². The number of ether oxygens (including phenoxy) is 2. The van der Waals surface area contributed by atoms with Crippen LogP contribution in [0.15, 0.2) is 47.4 Å². The van der Waals surface area contributed by atoms with Gasteiger partial charge in [0.15, 0.2) is 11.5 Å². The van der Waals surface area contributed by atoms with Crippen LogP contribution in [0.2, 0.25) is 0 Å². The lowest BCUT2D eigenvalue weighted by Crippen LogP contribution is -2.55. The molecule has 1 unspecified atom stereocenters. The Morgan fingerprint density at radius 1 is 1.00 bits per heavy atom. The van der Waals surface area contributed by atoms with Gasteiger partial charge in [-0.25, -0.2) is 8.42 Å². The first kappa shape index (κ1) is 19.2. The molecule has 0 N–H and O–H groups in total. The van der Waals surface area contributed by atoms with Crippen LogP contribution < -0.4 is 9.47 Å². The fraction of sp³-hybridized carbons (Fsp3) is 0.316. The van der Waals surface area contributed by atoms with E-state index >= 15 is 0 Å². The third-order valence-corrected chi connectivity index (χ3v) is 7.67. The minimum atomic E-state index is -3.73. The predicted molar refractivity (Wildman–Crippen MR) is 109 cm³/mol. The molecule has 1 atom stereocenters. The van der Waals surface area contributed by atoms with E-state index in [1.807, 2.05) is 12.1 Å². The van der Waals surface area contributed by atoms with Crippen molar-refractivity contribution in [3.8, 4) is 11.5 Å². The van der Waals surface area contributed by atoms with Crippen LogP contribution in [0.4, 0.5) is 0 Å². The summed E-state index contributed by atoms with van der Waals surface area (Å²) >= 11 is 0.983. The van der Waals surface area contributed by atoms with E-state index in [0.29, 0.717) is 22.5 Å². The fourth-order valence-electron chi connectivity index (χ4n) is 3.62. The van der Waals surface area contributed by atoms with Crippen molar-refractivity contribution in [3.63, 3.8) is 0 Å². The molecule has 1 saturated heterocycles. The molecule has 5 rings (SSSR count). The normalized spacial score (nSPS) is 19.7. The highest BCUT2D eigenvalue weighted by molar-refractivity contribution is 7.89. The summed E-state index contributed by atoms with van der Waals surface area (Å²) in [7, 11) is -3.73. The Morgan fingerprint density at radius 3 is 2.57 bits per heavy atom. The monoisotopic (exact) mass is 446 g/mol. The van der Waals surface area contributed by atoms with E-state index in [-0.39, 0.29) is 43.6 Å². The standard InChI is InChI=1S/C19H18N4O5S2/c24-19(16-12-27-14-5-1-2-6-15(14)28-16)22-8-10-23(11-9-22)30(25,26)17-7-3-4-13-18(17)21-29-20-13/h1-7,16H,8-12H2. The number of carbonyl (C=O) groups excluding carboxylic acids is 1. The predicted octanol–water partition coefficient (Wildman–Crippen LogP) is 1.36. The molecule has 0 bridgehead atoms. The number of carbonyl (C=O) groups is 1. The Labute approximate surface area is 177 Å². The molecule has 2 aliphatic rings. The molecule has 30 heavy (non-hydrogen) atoms. The third-order valence-electron chi connectivity index (χ3n) is 5.20. The van der Waals surface area contributed by atoms with Gasteiger partial charge in [-0.3, -0.25) is 4.79 Å². The molecule has 2 aliphatic heterocycles. The first-order valence-corrected chi connectivity index (χ1v) is 11.6. The number of nitrogens with zero attached hydrogens (tertiary/aromatic N) is 4. The van der Waals surface area contributed by atoms with Gasteiger partial charge in [-0.2, -0.15) is 13.1 Å². The number of piperazine rings is 1. The number of para-hydroxylation sites is 2. The molecule has 2 aromatic carbocycles. The smallest absolute Gasteiger partial charge is 0.267 e. The van der Waals surface area contributed by atoms with Crippen molar-refractivity contribution in [2.75, 3.05) is 32.8 Å². The maximum atomic E-state index is 13.1. The van der Waals surface area contributed by atoms with Crippen LogP contribution in [0.3, 0.4) is 0 Å². The third kappa shape index (κ3) is 3.28. The number of aromatic nitrogens is 2. The van der Waals surface area contributed by atoms with Crippen molar-refractivity contribution in [3.05, 3.63) is 42.5 Å². The second-order valence-electron chi connectivity index (χ2n) is 6.98. The van der Waals surface area contributed by atoms with Crippen molar-refractivity contribution in [2.45, 2.75) is 11.0 Å². The summed E-state index contributed by atoms with van der Waals surface area (Å²) in [4.78, 5) is 14.6. The molecule has 0 saturated carbocycles. The zero-order chi connectivity index (χ0) is 20.7. The van der Waals surface area contributed by atoms with E-state index in [2.05, 4.69) is 8.75 Å². The summed E-state index contributed by atoms with van der Waals surface area (Å²) in [5, 5.41) is 0. The molecule has 3 aromatic rings. The molecule has 0 radical (unpaired) electrons. The van der Waals surface area contributed by atoms with Crippen molar-refractivity contribution in [1.82, 2.24) is 18.0 Å². The maximum Gasteiger partial charge on any atom is 0.267 e. The average Bonchev–Trinajstić information content (AvgIpc) is 3.27. The van der Waals surface area contributed by atoms with Crippen LogP contribution in [0.5, 0.6) is 11.5 Å². The molecular weight excluding hydrogens is 428 g/mol. The molecule has 3 heterocycles. The van der Waals surface area contributed by atoms with Gasteiger partial charge >= 0.3 is 0 Å². The van der Waals surface area contributed by atoms with Gasteiger partial charge in [0.25, 0.3) is 5.91 Å². The first-order chi connectivity index (χ1) is 14.5. The molecule has 156 valence electrons. The highest BCUT2D eigenvalue weighted by Crippen LogP contribution is 2.31. The van der Waals surface area contributed by atoms with E-state index in [1.165, 1.54) is 4.31 Å². The zero-order valence-corrected chi connectivity index (χ0v) is 17.4. The second-order valence-corrected chi connectivity index (χ2v) is 9.42. The summed E-state index contributed by atoms with van der Waals surface area (Å²) < 4.78 is 47.3. The van der Waals surface area contributed by atoms with Gasteiger partial charge in [-0.05, 0) is 24.3 Å². The maximum absolute atomic E-state index is 13.1. The van der Waals surface area contributed by atoms with E-state index < -0.39 is 16.1 Å². The molecule has 1 aromatic heterocycles. The van der Waals surface area contributed by atoms with E-state index in [1.54, 1.807) is 35.2 Å². The van der Waals surface area contributed by atoms with E-state index in [9.17, 15) is 13.2 Å². The second kappa shape index (κ2) is 7.49. The number of hydrogen-bond acceptors (Lipinski definition) is 8. The van der Waals surface area contributed by atoms with Crippen molar-refractivity contribution < 1.29 is 22.7 Å². The summed E-state index contributed by atoms with van der Waals surface area (Å²) in [6.45, 7) is 1.10. The Hall–Kier alpha value is -2.76. The molecule has 0 spiro atoms. The number of hydrogen-bond donors (Lipinski definition) is 0. The summed E-state index contributed by atoms with van der Waals surface area (Å²) in [6, 6.07) is 12.1.